The average Bonchev–Trinajstić information content (AvgIpc) is 3.27. The Kier molecular flexibility index (Phi) is 7.13. The number of aryl methyl sites for hydroxylation is 2. The number of carbonyl (C=O) groups is 1. The number of hydrogen-bond acceptors (Lipinski definition) is 7. The quantitative estimate of drug-likeness (QED) is 0.506. The van der Waals surface area contributed by atoms with Crippen LogP contribution in [0.25, 0.3) is 10.2 Å². The maximum absolute atomic E-state index is 13.8. The van der Waals surface area contributed by atoms with Crippen molar-refractivity contribution in [3.63, 3.8) is 0 Å². The lowest BCUT2D eigenvalue weighted by Gasteiger charge is -2.29. The fraction of sp³-hybridized carbons (Fsp3) is 0.417. The van der Waals surface area contributed by atoms with Gasteiger partial charge in [-0.3, -0.25) is 14.6 Å². The highest BCUT2D eigenvalue weighted by Gasteiger charge is 2.28. The van der Waals surface area contributed by atoms with Gasteiger partial charge < -0.3 is 4.74 Å². The number of fused-ring (bicyclic) bond motifs is 1. The lowest BCUT2D eigenvalue weighted by atomic mass is 10.1. The molecule has 1 saturated heterocycles. The number of nitrogens with zero attached hydrogens (tertiary/aromatic N) is 3. The first-order chi connectivity index (χ1) is 15.8. The molecule has 1 aliphatic heterocycles. The van der Waals surface area contributed by atoms with Crippen molar-refractivity contribution in [1.82, 2.24) is 9.88 Å². The topological polar surface area (TPSA) is 79.8 Å². The lowest BCUT2D eigenvalue weighted by Crippen LogP contribution is -2.43. The van der Waals surface area contributed by atoms with Crippen LogP contribution in [0.15, 0.2) is 41.3 Å². The van der Waals surface area contributed by atoms with E-state index in [2.05, 4.69) is 11.0 Å². The molecular weight excluding hydrogens is 458 g/mol. The van der Waals surface area contributed by atoms with E-state index in [-0.39, 0.29) is 22.1 Å². The summed E-state index contributed by atoms with van der Waals surface area (Å²) in [6.07, 6.45) is 0. The number of carbonyl (C=O) groups excluding carboxylic acids is 1. The molecule has 9 heteroatoms. The van der Waals surface area contributed by atoms with E-state index in [0.29, 0.717) is 31.4 Å². The molecule has 0 saturated carbocycles. The molecule has 1 aliphatic rings. The van der Waals surface area contributed by atoms with E-state index in [1.165, 1.54) is 17.4 Å². The molecule has 1 fully saturated rings. The smallest absolute Gasteiger partial charge is 0.261 e. The van der Waals surface area contributed by atoms with Gasteiger partial charge in [-0.15, -0.1) is 0 Å². The number of benzene rings is 2. The van der Waals surface area contributed by atoms with Gasteiger partial charge in [-0.1, -0.05) is 36.5 Å². The van der Waals surface area contributed by atoms with E-state index in [4.69, 9.17) is 9.72 Å². The van der Waals surface area contributed by atoms with Crippen LogP contribution in [0, 0.1) is 13.8 Å². The van der Waals surface area contributed by atoms with Crippen LogP contribution in [-0.4, -0.2) is 69.4 Å². The molecule has 1 amide bonds. The Bertz CT molecular complexity index is 1260. The van der Waals surface area contributed by atoms with E-state index < -0.39 is 9.84 Å². The van der Waals surface area contributed by atoms with E-state index in [1.807, 2.05) is 19.9 Å². The summed E-state index contributed by atoms with van der Waals surface area (Å²) in [5, 5.41) is 0.584. The summed E-state index contributed by atoms with van der Waals surface area (Å²) >= 11 is 1.46. The van der Waals surface area contributed by atoms with Gasteiger partial charge in [-0.2, -0.15) is 0 Å². The number of morpholine rings is 1. The minimum absolute atomic E-state index is 0.0648. The first-order valence-electron chi connectivity index (χ1n) is 11.1. The summed E-state index contributed by atoms with van der Waals surface area (Å²) < 4.78 is 31.9. The summed E-state index contributed by atoms with van der Waals surface area (Å²) in [4.78, 5) is 22.6. The highest BCUT2D eigenvalue weighted by molar-refractivity contribution is 7.91. The normalized spacial score (nSPS) is 15.1. The lowest BCUT2D eigenvalue weighted by molar-refractivity contribution is 0.0391. The van der Waals surface area contributed by atoms with Crippen LogP contribution < -0.4 is 4.90 Å². The average molecular weight is 488 g/mol. The zero-order chi connectivity index (χ0) is 23.6. The summed E-state index contributed by atoms with van der Waals surface area (Å²) in [7, 11) is -3.55. The van der Waals surface area contributed by atoms with Crippen molar-refractivity contribution < 1.29 is 17.9 Å². The van der Waals surface area contributed by atoms with Crippen LogP contribution >= 0.6 is 11.3 Å². The van der Waals surface area contributed by atoms with E-state index in [0.717, 1.165) is 34.4 Å². The Morgan fingerprint density at radius 3 is 2.61 bits per heavy atom. The number of rotatable bonds is 7. The Morgan fingerprint density at radius 1 is 1.15 bits per heavy atom. The Labute approximate surface area is 198 Å². The third-order valence-corrected chi connectivity index (χ3v) is 8.96. The number of sulfone groups is 1. The maximum Gasteiger partial charge on any atom is 0.261 e. The molecule has 0 atom stereocenters. The van der Waals surface area contributed by atoms with Gasteiger partial charge in [0, 0.05) is 26.2 Å². The maximum atomic E-state index is 13.8. The van der Waals surface area contributed by atoms with Crippen molar-refractivity contribution in [2.45, 2.75) is 25.7 Å². The van der Waals surface area contributed by atoms with Gasteiger partial charge >= 0.3 is 0 Å². The zero-order valence-corrected chi connectivity index (χ0v) is 20.8. The molecular formula is C24H29N3O4S2. The van der Waals surface area contributed by atoms with Crippen LogP contribution in [0.3, 0.4) is 0 Å². The van der Waals surface area contributed by atoms with Crippen molar-refractivity contribution in [2.24, 2.45) is 0 Å². The van der Waals surface area contributed by atoms with Gasteiger partial charge in [0.15, 0.2) is 15.0 Å². The molecule has 176 valence electrons. The van der Waals surface area contributed by atoms with Crippen molar-refractivity contribution >= 4 is 42.4 Å². The zero-order valence-electron chi connectivity index (χ0n) is 19.2. The minimum Gasteiger partial charge on any atom is -0.379 e. The minimum atomic E-state index is -3.55. The predicted octanol–water partition coefficient (Wildman–Crippen LogP) is 3.69. The van der Waals surface area contributed by atoms with Crippen molar-refractivity contribution in [3.8, 4) is 0 Å². The molecule has 1 aromatic heterocycles. The summed E-state index contributed by atoms with van der Waals surface area (Å²) in [6.45, 7) is 9.69. The van der Waals surface area contributed by atoms with Gasteiger partial charge in [-0.05, 0) is 43.2 Å². The molecule has 2 aromatic carbocycles. The molecule has 4 rings (SSSR count). The highest BCUT2D eigenvalue weighted by Crippen LogP contribution is 2.33. The second kappa shape index (κ2) is 9.89. The first kappa shape index (κ1) is 23.8. The monoisotopic (exact) mass is 487 g/mol. The van der Waals surface area contributed by atoms with Gasteiger partial charge in [0.05, 0.1) is 39.6 Å². The van der Waals surface area contributed by atoms with Crippen LogP contribution in [-0.2, 0) is 14.6 Å². The van der Waals surface area contributed by atoms with E-state index in [9.17, 15) is 13.2 Å². The highest BCUT2D eigenvalue weighted by atomic mass is 32.2. The Morgan fingerprint density at radius 2 is 1.88 bits per heavy atom. The standard InChI is InChI=1S/C24H29N3O4S2/c1-4-33(29,30)21-8-6-5-7-19(21)23(28)27(12-11-26-13-15-31-16-14-26)24-25-22-18(3)17(2)9-10-20(22)32-24/h5-10H,4,11-16H2,1-3H3. The third kappa shape index (κ3) is 4.96. The summed E-state index contributed by atoms with van der Waals surface area (Å²) in [5.41, 5.74) is 3.30. The molecule has 33 heavy (non-hydrogen) atoms. The molecule has 3 aromatic rings. The van der Waals surface area contributed by atoms with Crippen LogP contribution in [0.4, 0.5) is 5.13 Å². The van der Waals surface area contributed by atoms with Gasteiger partial charge in [0.1, 0.15) is 0 Å². The van der Waals surface area contributed by atoms with Crippen LogP contribution in [0.1, 0.15) is 28.4 Å². The summed E-state index contributed by atoms with van der Waals surface area (Å²) in [6, 6.07) is 10.5. The third-order valence-electron chi connectivity index (χ3n) is 6.13. The molecule has 0 unspecified atom stereocenters. The number of ether oxygens (including phenoxy) is 1. The van der Waals surface area contributed by atoms with Crippen molar-refractivity contribution in [2.75, 3.05) is 50.0 Å². The fourth-order valence-corrected chi connectivity index (χ4v) is 6.03. The number of amides is 1. The molecule has 0 N–H and O–H groups in total. The Balaban J connectivity index is 1.75. The fourth-order valence-electron chi connectivity index (χ4n) is 3.90. The summed E-state index contributed by atoms with van der Waals surface area (Å²) in [5.74, 6) is -0.408. The number of anilines is 1. The van der Waals surface area contributed by atoms with Crippen LogP contribution in [0.5, 0.6) is 0 Å². The number of aromatic nitrogens is 1. The van der Waals surface area contributed by atoms with E-state index in [1.54, 1.807) is 30.0 Å². The van der Waals surface area contributed by atoms with Crippen molar-refractivity contribution in [3.05, 3.63) is 53.1 Å². The predicted molar refractivity (Wildman–Crippen MR) is 132 cm³/mol. The van der Waals surface area contributed by atoms with Crippen LogP contribution in [0.2, 0.25) is 0 Å². The molecule has 7 nitrogen and oxygen atoms in total. The second-order valence-corrected chi connectivity index (χ2v) is 11.4. The number of hydrogen-bond donors (Lipinski definition) is 0. The number of thiazole rings is 1. The first-order valence-corrected chi connectivity index (χ1v) is 13.6. The Hall–Kier alpha value is -2.33. The van der Waals surface area contributed by atoms with Gasteiger partial charge in [0.25, 0.3) is 5.91 Å². The molecule has 0 bridgehead atoms. The molecule has 0 radical (unpaired) electrons. The molecule has 0 aliphatic carbocycles. The second-order valence-electron chi connectivity index (χ2n) is 8.16. The largest absolute Gasteiger partial charge is 0.379 e. The molecule has 2 heterocycles. The van der Waals surface area contributed by atoms with Gasteiger partial charge in [0.2, 0.25) is 0 Å². The SMILES string of the molecule is CCS(=O)(=O)c1ccccc1C(=O)N(CCN1CCOCC1)c1nc2c(C)c(C)ccc2s1. The van der Waals surface area contributed by atoms with Crippen molar-refractivity contribution in [1.29, 1.82) is 0 Å². The van der Waals surface area contributed by atoms with E-state index >= 15 is 0 Å². The molecule has 0 spiro atoms. The van der Waals surface area contributed by atoms with Gasteiger partial charge in [-0.25, -0.2) is 13.4 Å².